The van der Waals surface area contributed by atoms with Crippen molar-refractivity contribution in [3.63, 3.8) is 0 Å². The summed E-state index contributed by atoms with van der Waals surface area (Å²) in [6.45, 7) is 2.09. The SMILES string of the molecule is CN(C(=O)C(C)(C)c1cc(C(F)(F)F)cc(C(F)(F)F)c1)c1cnc(N2CC(O)CC2CO)cc1-c1ccc(F)c(F)c1. The summed E-state index contributed by atoms with van der Waals surface area (Å²) in [5, 5.41) is 19.9. The summed E-state index contributed by atoms with van der Waals surface area (Å²) in [6.07, 6.45) is -9.63. The van der Waals surface area contributed by atoms with Crippen LogP contribution in [-0.4, -0.2) is 53.4 Å². The van der Waals surface area contributed by atoms with Crippen LogP contribution in [0.15, 0.2) is 48.7 Å². The second-order valence-electron chi connectivity index (χ2n) is 10.9. The van der Waals surface area contributed by atoms with Crippen molar-refractivity contribution in [1.29, 1.82) is 0 Å². The van der Waals surface area contributed by atoms with Crippen LogP contribution in [0.25, 0.3) is 11.1 Å². The lowest BCUT2D eigenvalue weighted by Gasteiger charge is -2.32. The first kappa shape index (κ1) is 32.1. The summed E-state index contributed by atoms with van der Waals surface area (Å²) in [5.74, 6) is -3.09. The summed E-state index contributed by atoms with van der Waals surface area (Å²) in [6, 6.07) is 4.73. The minimum atomic E-state index is -5.13. The molecule has 14 heteroatoms. The average molecular weight is 618 g/mol. The number of benzene rings is 2. The number of alkyl halides is 6. The van der Waals surface area contributed by atoms with Gasteiger partial charge in [-0.25, -0.2) is 13.8 Å². The summed E-state index contributed by atoms with van der Waals surface area (Å²) < 4.78 is 109. The minimum Gasteiger partial charge on any atom is -0.394 e. The molecule has 4 rings (SSSR count). The van der Waals surface area contributed by atoms with Crippen LogP contribution in [0.5, 0.6) is 0 Å². The molecule has 0 saturated carbocycles. The van der Waals surface area contributed by atoms with E-state index in [-0.39, 0.29) is 48.3 Å². The molecule has 2 N–H and O–H groups in total. The van der Waals surface area contributed by atoms with Crippen LogP contribution in [0, 0.1) is 11.6 Å². The topological polar surface area (TPSA) is 76.9 Å². The van der Waals surface area contributed by atoms with Crippen LogP contribution >= 0.6 is 0 Å². The van der Waals surface area contributed by atoms with Crippen LogP contribution < -0.4 is 9.80 Å². The fraction of sp³-hybridized carbons (Fsp3) is 0.379. The number of rotatable bonds is 6. The van der Waals surface area contributed by atoms with Gasteiger partial charge in [0, 0.05) is 19.2 Å². The van der Waals surface area contributed by atoms with Gasteiger partial charge in [0.2, 0.25) is 5.91 Å². The fourth-order valence-corrected chi connectivity index (χ4v) is 5.07. The smallest absolute Gasteiger partial charge is 0.394 e. The number of likely N-dealkylation sites (N-methyl/N-ethyl adjacent to an activating group) is 1. The Labute approximate surface area is 241 Å². The van der Waals surface area contributed by atoms with E-state index in [1.165, 1.54) is 25.4 Å². The molecule has 232 valence electrons. The Morgan fingerprint density at radius 1 is 0.953 bits per heavy atom. The fourth-order valence-electron chi connectivity index (χ4n) is 5.07. The molecule has 0 spiro atoms. The highest BCUT2D eigenvalue weighted by Crippen LogP contribution is 2.41. The summed E-state index contributed by atoms with van der Waals surface area (Å²) in [7, 11) is 1.22. The third-order valence-electron chi connectivity index (χ3n) is 7.51. The molecular formula is C29H27F8N3O3. The maximum Gasteiger partial charge on any atom is 0.416 e. The number of aromatic nitrogens is 1. The Morgan fingerprint density at radius 3 is 2.07 bits per heavy atom. The molecule has 1 aromatic heterocycles. The number of pyridine rings is 1. The number of nitrogens with zero attached hydrogens (tertiary/aromatic N) is 3. The van der Waals surface area contributed by atoms with E-state index in [4.69, 9.17) is 0 Å². The number of aliphatic hydroxyl groups is 2. The van der Waals surface area contributed by atoms with Gasteiger partial charge in [-0.3, -0.25) is 4.79 Å². The molecule has 0 radical (unpaired) electrons. The largest absolute Gasteiger partial charge is 0.416 e. The van der Waals surface area contributed by atoms with Crippen molar-refractivity contribution in [2.45, 2.75) is 50.2 Å². The van der Waals surface area contributed by atoms with Crippen molar-refractivity contribution < 1.29 is 50.1 Å². The van der Waals surface area contributed by atoms with Gasteiger partial charge in [-0.15, -0.1) is 0 Å². The zero-order chi connectivity index (χ0) is 32.1. The van der Waals surface area contributed by atoms with Crippen molar-refractivity contribution in [3.05, 3.63) is 77.0 Å². The van der Waals surface area contributed by atoms with E-state index >= 15 is 0 Å². The molecule has 0 bridgehead atoms. The van der Waals surface area contributed by atoms with Crippen molar-refractivity contribution in [2.24, 2.45) is 0 Å². The number of β-amino-alcohol motifs (C(OH)–C–C–N with tert-alkyl or cyclic N) is 1. The highest BCUT2D eigenvalue weighted by molar-refractivity contribution is 6.03. The predicted molar refractivity (Wildman–Crippen MR) is 141 cm³/mol. The number of aliphatic hydroxyl groups excluding tert-OH is 2. The van der Waals surface area contributed by atoms with Gasteiger partial charge in [0.25, 0.3) is 0 Å². The maximum absolute atomic E-state index is 14.3. The molecule has 1 fully saturated rings. The first-order valence-electron chi connectivity index (χ1n) is 12.9. The highest BCUT2D eigenvalue weighted by atomic mass is 19.4. The standard InChI is InChI=1S/C29H27F8N3O3/c1-27(2,16-7-17(28(32,33)34)9-18(8-16)29(35,36)37)26(43)39(3)24-12-38-25(40-13-20(42)10-19(40)14-41)11-21(24)15-4-5-22(30)23(31)6-15/h4-9,11-12,19-20,41-42H,10,13-14H2,1-3H3. The van der Waals surface area contributed by atoms with Gasteiger partial charge in [-0.05, 0) is 67.8 Å². The average Bonchev–Trinajstić information content (AvgIpc) is 3.32. The Morgan fingerprint density at radius 2 is 1.53 bits per heavy atom. The Balaban J connectivity index is 1.83. The van der Waals surface area contributed by atoms with Crippen molar-refractivity contribution >= 4 is 17.4 Å². The molecule has 1 saturated heterocycles. The van der Waals surface area contributed by atoms with E-state index < -0.39 is 64.1 Å². The van der Waals surface area contributed by atoms with Crippen molar-refractivity contribution in [3.8, 4) is 11.1 Å². The van der Waals surface area contributed by atoms with Gasteiger partial charge < -0.3 is 20.0 Å². The first-order valence-corrected chi connectivity index (χ1v) is 12.9. The van der Waals surface area contributed by atoms with Gasteiger partial charge in [0.15, 0.2) is 11.6 Å². The van der Waals surface area contributed by atoms with E-state index in [0.29, 0.717) is 12.1 Å². The molecule has 3 aromatic rings. The molecule has 43 heavy (non-hydrogen) atoms. The Hall–Kier alpha value is -3.78. The number of hydrogen-bond donors (Lipinski definition) is 2. The summed E-state index contributed by atoms with van der Waals surface area (Å²) >= 11 is 0. The van der Waals surface area contributed by atoms with E-state index in [2.05, 4.69) is 4.98 Å². The molecule has 2 aromatic carbocycles. The number of anilines is 2. The van der Waals surface area contributed by atoms with Crippen LogP contribution in [0.2, 0.25) is 0 Å². The molecule has 2 unspecified atom stereocenters. The number of carbonyl (C=O) groups is 1. The van der Waals surface area contributed by atoms with E-state index in [1.807, 2.05) is 0 Å². The monoisotopic (exact) mass is 617 g/mol. The van der Waals surface area contributed by atoms with Crippen LogP contribution in [-0.2, 0) is 22.6 Å². The van der Waals surface area contributed by atoms with Crippen molar-refractivity contribution in [2.75, 3.05) is 30.0 Å². The number of hydrogen-bond acceptors (Lipinski definition) is 5. The van der Waals surface area contributed by atoms with Gasteiger partial charge in [-0.1, -0.05) is 6.07 Å². The molecule has 2 atom stereocenters. The van der Waals surface area contributed by atoms with Crippen molar-refractivity contribution in [1.82, 2.24) is 4.98 Å². The molecule has 1 aliphatic rings. The normalized spacial score (nSPS) is 17.8. The summed E-state index contributed by atoms with van der Waals surface area (Å²) in [4.78, 5) is 20.7. The Bertz CT molecular complexity index is 1490. The quantitative estimate of drug-likeness (QED) is 0.335. The lowest BCUT2D eigenvalue weighted by molar-refractivity contribution is -0.143. The zero-order valence-electron chi connectivity index (χ0n) is 23.1. The van der Waals surface area contributed by atoms with Gasteiger partial charge in [0.05, 0.1) is 47.2 Å². The predicted octanol–water partition coefficient (Wildman–Crippen LogP) is 5.94. The van der Waals surface area contributed by atoms with Crippen LogP contribution in [0.1, 0.15) is 37.0 Å². The molecule has 2 heterocycles. The number of halogens is 8. The molecule has 6 nitrogen and oxygen atoms in total. The molecule has 0 aliphatic carbocycles. The van der Waals surface area contributed by atoms with Crippen LogP contribution in [0.3, 0.4) is 0 Å². The van der Waals surface area contributed by atoms with Gasteiger partial charge >= 0.3 is 12.4 Å². The van der Waals surface area contributed by atoms with E-state index in [9.17, 15) is 50.1 Å². The second-order valence-corrected chi connectivity index (χ2v) is 10.9. The molecule has 1 aliphatic heterocycles. The molecular weight excluding hydrogens is 590 g/mol. The maximum atomic E-state index is 14.3. The third-order valence-corrected chi connectivity index (χ3v) is 7.51. The number of carbonyl (C=O) groups excluding carboxylic acids is 1. The molecule has 1 amide bonds. The zero-order valence-corrected chi connectivity index (χ0v) is 23.1. The Kier molecular flexibility index (Phi) is 8.50. The lowest BCUT2D eigenvalue weighted by atomic mass is 9.81. The van der Waals surface area contributed by atoms with Gasteiger partial charge in [0.1, 0.15) is 5.82 Å². The summed E-state index contributed by atoms with van der Waals surface area (Å²) in [5.41, 5.74) is -5.48. The first-order chi connectivity index (χ1) is 19.8. The lowest BCUT2D eigenvalue weighted by Crippen LogP contribution is -2.42. The van der Waals surface area contributed by atoms with E-state index in [0.717, 1.165) is 30.9 Å². The highest BCUT2D eigenvalue weighted by Gasteiger charge is 2.41. The van der Waals surface area contributed by atoms with E-state index in [1.54, 1.807) is 4.90 Å². The second kappa shape index (κ2) is 11.4. The third kappa shape index (κ3) is 6.44. The van der Waals surface area contributed by atoms with Gasteiger partial charge in [-0.2, -0.15) is 26.3 Å². The van der Waals surface area contributed by atoms with Crippen LogP contribution in [0.4, 0.5) is 46.6 Å². The minimum absolute atomic E-state index is 0.0175. The number of amides is 1.